The van der Waals surface area contributed by atoms with Crippen LogP contribution in [0.4, 0.5) is 0 Å². The van der Waals surface area contributed by atoms with E-state index < -0.39 is 0 Å². The fourth-order valence-electron chi connectivity index (χ4n) is 0.820. The number of halogens is 1. The van der Waals surface area contributed by atoms with E-state index in [1.54, 1.807) is 6.20 Å². The number of hydrogen-bond acceptors (Lipinski definition) is 2. The van der Waals surface area contributed by atoms with Crippen LogP contribution in [0.2, 0.25) is 5.15 Å². The number of hydrogen-bond donors (Lipinski definition) is 0. The molecule has 0 bridgehead atoms. The summed E-state index contributed by atoms with van der Waals surface area (Å²) in [7, 11) is 0. The van der Waals surface area contributed by atoms with E-state index in [-0.39, 0.29) is 0 Å². The molecule has 1 aromatic rings. The van der Waals surface area contributed by atoms with Gasteiger partial charge in [0.1, 0.15) is 11.4 Å². The normalized spacial score (nSPS) is 9.55. The second-order valence-electron chi connectivity index (χ2n) is 2.16. The van der Waals surface area contributed by atoms with Crippen LogP contribution in [-0.4, -0.2) is 11.3 Å². The third-order valence-corrected chi connectivity index (χ3v) is 1.71. The molecule has 3 heteroatoms. The van der Waals surface area contributed by atoms with Crippen LogP contribution in [0, 0.1) is 0 Å². The predicted octanol–water partition coefficient (Wildman–Crippen LogP) is 1.87. The van der Waals surface area contributed by atoms with Gasteiger partial charge in [0, 0.05) is 12.6 Å². The molecular weight excluding hydrogens is 162 g/mol. The maximum absolute atomic E-state index is 10.0. The molecule has 11 heavy (non-hydrogen) atoms. The molecule has 0 saturated heterocycles. The first-order chi connectivity index (χ1) is 5.34. The molecule has 0 spiro atoms. The number of carbonyl (C=O) groups excluding carboxylic acids is 1. The Bertz CT molecular complexity index is 250. The van der Waals surface area contributed by atoms with Crippen molar-refractivity contribution in [2.24, 2.45) is 0 Å². The van der Waals surface area contributed by atoms with Gasteiger partial charge in [-0.05, 0) is 18.1 Å². The van der Waals surface area contributed by atoms with Gasteiger partial charge < -0.3 is 4.79 Å². The van der Waals surface area contributed by atoms with Crippen LogP contribution in [0.3, 0.4) is 0 Å². The fraction of sp³-hybridized carbons (Fsp3) is 0.250. The van der Waals surface area contributed by atoms with E-state index in [1.165, 1.54) is 0 Å². The van der Waals surface area contributed by atoms with E-state index in [0.29, 0.717) is 18.0 Å². The van der Waals surface area contributed by atoms with Gasteiger partial charge in [-0.15, -0.1) is 0 Å². The van der Waals surface area contributed by atoms with Crippen LogP contribution in [0.1, 0.15) is 12.0 Å². The van der Waals surface area contributed by atoms with Gasteiger partial charge in [-0.1, -0.05) is 17.7 Å². The molecule has 1 heterocycles. The van der Waals surface area contributed by atoms with Gasteiger partial charge >= 0.3 is 0 Å². The highest BCUT2D eigenvalue weighted by atomic mass is 35.5. The maximum Gasteiger partial charge on any atom is 0.132 e. The second-order valence-corrected chi connectivity index (χ2v) is 2.52. The number of rotatable bonds is 3. The maximum atomic E-state index is 10.0. The number of aromatic nitrogens is 1. The Morgan fingerprint density at radius 3 is 3.09 bits per heavy atom. The topological polar surface area (TPSA) is 30.0 Å². The molecule has 0 aliphatic heterocycles. The van der Waals surface area contributed by atoms with Crippen LogP contribution in [0.25, 0.3) is 0 Å². The molecule has 0 aliphatic carbocycles. The first-order valence-corrected chi connectivity index (χ1v) is 3.75. The van der Waals surface area contributed by atoms with E-state index in [1.807, 2.05) is 12.1 Å². The minimum atomic E-state index is 0.495. The molecule has 0 radical (unpaired) electrons. The molecule has 0 atom stereocenters. The lowest BCUT2D eigenvalue weighted by Crippen LogP contribution is -1.88. The molecule has 0 aliphatic rings. The average molecular weight is 170 g/mol. The van der Waals surface area contributed by atoms with Crippen molar-refractivity contribution in [3.8, 4) is 0 Å². The quantitative estimate of drug-likeness (QED) is 0.511. The van der Waals surface area contributed by atoms with Crippen LogP contribution < -0.4 is 0 Å². The van der Waals surface area contributed by atoms with E-state index in [4.69, 9.17) is 11.6 Å². The lowest BCUT2D eigenvalue weighted by Gasteiger charge is -1.97. The standard InChI is InChI=1S/C8H8ClNO/c9-8-7(4-2-6-11)3-1-5-10-8/h1,3,5-6H,2,4H2. The summed E-state index contributed by atoms with van der Waals surface area (Å²) in [5.41, 5.74) is 0.932. The van der Waals surface area contributed by atoms with Gasteiger partial charge in [0.05, 0.1) is 0 Å². The van der Waals surface area contributed by atoms with E-state index >= 15 is 0 Å². The van der Waals surface area contributed by atoms with E-state index in [0.717, 1.165) is 11.8 Å². The third kappa shape index (κ3) is 2.31. The molecule has 0 amide bonds. The Kier molecular flexibility index (Phi) is 3.05. The summed E-state index contributed by atoms with van der Waals surface area (Å²) in [5, 5.41) is 0.495. The predicted molar refractivity (Wildman–Crippen MR) is 43.6 cm³/mol. The summed E-state index contributed by atoms with van der Waals surface area (Å²) < 4.78 is 0. The summed E-state index contributed by atoms with van der Waals surface area (Å²) in [6, 6.07) is 3.69. The first kappa shape index (κ1) is 8.21. The molecule has 58 valence electrons. The van der Waals surface area contributed by atoms with Crippen LogP contribution in [0.5, 0.6) is 0 Å². The van der Waals surface area contributed by atoms with Crippen molar-refractivity contribution >= 4 is 17.9 Å². The molecule has 2 nitrogen and oxygen atoms in total. The van der Waals surface area contributed by atoms with Gasteiger partial charge in [-0.25, -0.2) is 4.98 Å². The third-order valence-electron chi connectivity index (χ3n) is 1.37. The molecule has 1 rings (SSSR count). The zero-order valence-electron chi connectivity index (χ0n) is 5.96. The number of nitrogens with zero attached hydrogens (tertiary/aromatic N) is 1. The summed E-state index contributed by atoms with van der Waals surface area (Å²) in [6.07, 6.45) is 3.69. The molecular formula is C8H8ClNO. The minimum absolute atomic E-state index is 0.495. The Morgan fingerprint density at radius 1 is 1.64 bits per heavy atom. The van der Waals surface area contributed by atoms with Crippen molar-refractivity contribution < 1.29 is 4.79 Å². The zero-order valence-corrected chi connectivity index (χ0v) is 6.71. The number of aryl methyl sites for hydroxylation is 1. The largest absolute Gasteiger partial charge is 0.303 e. The Balaban J connectivity index is 2.69. The van der Waals surface area contributed by atoms with Crippen LogP contribution in [0.15, 0.2) is 18.3 Å². The summed E-state index contributed by atoms with van der Waals surface area (Å²) in [5.74, 6) is 0. The molecule has 0 N–H and O–H groups in total. The molecule has 1 aromatic heterocycles. The average Bonchev–Trinajstić information content (AvgIpc) is 2.03. The molecule has 0 saturated carbocycles. The van der Waals surface area contributed by atoms with Gasteiger partial charge in [-0.3, -0.25) is 0 Å². The highest BCUT2D eigenvalue weighted by Crippen LogP contribution is 2.12. The van der Waals surface area contributed by atoms with Gasteiger partial charge in [-0.2, -0.15) is 0 Å². The molecule has 0 fully saturated rings. The van der Waals surface area contributed by atoms with Crippen molar-refractivity contribution in [1.82, 2.24) is 4.98 Å². The minimum Gasteiger partial charge on any atom is -0.303 e. The number of aldehydes is 1. The lowest BCUT2D eigenvalue weighted by atomic mass is 10.2. The summed E-state index contributed by atoms with van der Waals surface area (Å²) in [4.78, 5) is 13.9. The fourth-order valence-corrected chi connectivity index (χ4v) is 1.03. The Hall–Kier alpha value is -0.890. The smallest absolute Gasteiger partial charge is 0.132 e. The summed E-state index contributed by atoms with van der Waals surface area (Å²) >= 11 is 5.73. The van der Waals surface area contributed by atoms with E-state index in [9.17, 15) is 4.79 Å². The second kappa shape index (κ2) is 4.09. The van der Waals surface area contributed by atoms with E-state index in [2.05, 4.69) is 4.98 Å². The Labute approximate surface area is 70.2 Å². The highest BCUT2D eigenvalue weighted by molar-refractivity contribution is 6.30. The van der Waals surface area contributed by atoms with Gasteiger partial charge in [0.2, 0.25) is 0 Å². The number of pyridine rings is 1. The lowest BCUT2D eigenvalue weighted by molar-refractivity contribution is -0.107. The monoisotopic (exact) mass is 169 g/mol. The molecule has 0 aromatic carbocycles. The first-order valence-electron chi connectivity index (χ1n) is 3.37. The van der Waals surface area contributed by atoms with Gasteiger partial charge in [0.25, 0.3) is 0 Å². The van der Waals surface area contributed by atoms with Gasteiger partial charge in [0.15, 0.2) is 0 Å². The number of carbonyl (C=O) groups is 1. The SMILES string of the molecule is O=CCCc1cccnc1Cl. The van der Waals surface area contributed by atoms with Crippen molar-refractivity contribution in [3.63, 3.8) is 0 Å². The highest BCUT2D eigenvalue weighted by Gasteiger charge is 1.97. The van der Waals surface area contributed by atoms with Crippen molar-refractivity contribution in [2.45, 2.75) is 12.8 Å². The van der Waals surface area contributed by atoms with Crippen molar-refractivity contribution in [3.05, 3.63) is 29.0 Å². The Morgan fingerprint density at radius 2 is 2.45 bits per heavy atom. The van der Waals surface area contributed by atoms with Crippen molar-refractivity contribution in [2.75, 3.05) is 0 Å². The van der Waals surface area contributed by atoms with Crippen molar-refractivity contribution in [1.29, 1.82) is 0 Å². The van der Waals surface area contributed by atoms with Crippen LogP contribution >= 0.6 is 11.6 Å². The van der Waals surface area contributed by atoms with Crippen LogP contribution in [-0.2, 0) is 11.2 Å². The zero-order chi connectivity index (χ0) is 8.10. The summed E-state index contributed by atoms with van der Waals surface area (Å²) in [6.45, 7) is 0. The molecule has 0 unspecified atom stereocenters.